The van der Waals surface area contributed by atoms with E-state index in [1.54, 1.807) is 24.3 Å². The molecule has 26 heavy (non-hydrogen) atoms. The third-order valence-corrected chi connectivity index (χ3v) is 3.68. The average molecular weight is 357 g/mol. The summed E-state index contributed by atoms with van der Waals surface area (Å²) in [5.41, 5.74) is 1.07. The van der Waals surface area contributed by atoms with Crippen molar-refractivity contribution in [2.24, 2.45) is 0 Å². The van der Waals surface area contributed by atoms with E-state index in [0.29, 0.717) is 5.56 Å². The fourth-order valence-corrected chi connectivity index (χ4v) is 2.40. The molecule has 0 heterocycles. The van der Waals surface area contributed by atoms with Crippen LogP contribution in [0.3, 0.4) is 0 Å². The minimum atomic E-state index is -0.886. The molecular formula is C19H19NO6. The summed E-state index contributed by atoms with van der Waals surface area (Å²) in [7, 11) is 3.87. The lowest BCUT2D eigenvalue weighted by Gasteiger charge is -2.17. The van der Waals surface area contributed by atoms with Gasteiger partial charge in [-0.05, 0) is 23.8 Å². The molecule has 0 saturated carbocycles. The number of carbonyl (C=O) groups excluding carboxylic acids is 3. The van der Waals surface area contributed by atoms with Gasteiger partial charge in [0, 0.05) is 7.11 Å². The number of esters is 2. The highest BCUT2D eigenvalue weighted by Gasteiger charge is 2.23. The SMILES string of the molecule is COC(=O)c1ccc(C(=O)OC)c(NC(=O)[C@H](OC)c2ccccc2)c1. The van der Waals surface area contributed by atoms with Crippen LogP contribution in [0.4, 0.5) is 5.69 Å². The van der Waals surface area contributed by atoms with E-state index < -0.39 is 23.9 Å². The van der Waals surface area contributed by atoms with Crippen LogP contribution in [-0.2, 0) is 19.0 Å². The Kier molecular flexibility index (Phi) is 6.46. The van der Waals surface area contributed by atoms with Crippen molar-refractivity contribution < 1.29 is 28.6 Å². The molecule has 7 nitrogen and oxygen atoms in total. The summed E-state index contributed by atoms with van der Waals surface area (Å²) >= 11 is 0. The number of ether oxygens (including phenoxy) is 3. The lowest BCUT2D eigenvalue weighted by molar-refractivity contribution is -0.126. The molecule has 0 unspecified atom stereocenters. The molecule has 0 spiro atoms. The molecule has 7 heteroatoms. The smallest absolute Gasteiger partial charge is 0.339 e. The standard InChI is InChI=1S/C19H19NO6/c1-24-16(12-7-5-4-6-8-12)17(21)20-15-11-13(18(22)25-2)9-10-14(15)19(23)26-3/h4-11,16H,1-3H3,(H,20,21)/t16-/m1/s1. The average Bonchev–Trinajstić information content (AvgIpc) is 2.68. The topological polar surface area (TPSA) is 90.9 Å². The van der Waals surface area contributed by atoms with Crippen LogP contribution < -0.4 is 5.32 Å². The van der Waals surface area contributed by atoms with Crippen LogP contribution in [0, 0.1) is 0 Å². The Hall–Kier alpha value is -3.19. The third kappa shape index (κ3) is 4.25. The first-order valence-corrected chi connectivity index (χ1v) is 7.71. The number of hydrogen-bond acceptors (Lipinski definition) is 6. The highest BCUT2D eigenvalue weighted by Crippen LogP contribution is 2.23. The number of hydrogen-bond donors (Lipinski definition) is 1. The molecule has 0 aliphatic heterocycles. The van der Waals surface area contributed by atoms with Crippen LogP contribution in [-0.4, -0.2) is 39.2 Å². The summed E-state index contributed by atoms with van der Waals surface area (Å²) in [5.74, 6) is -1.74. The van der Waals surface area contributed by atoms with Gasteiger partial charge in [-0.2, -0.15) is 0 Å². The van der Waals surface area contributed by atoms with Gasteiger partial charge in [0.05, 0.1) is 31.0 Å². The molecule has 2 rings (SSSR count). The molecule has 0 aromatic heterocycles. The highest BCUT2D eigenvalue weighted by molar-refractivity contribution is 6.04. The summed E-state index contributed by atoms with van der Waals surface area (Å²) in [4.78, 5) is 36.3. The van der Waals surface area contributed by atoms with Gasteiger partial charge < -0.3 is 19.5 Å². The number of benzene rings is 2. The van der Waals surface area contributed by atoms with Gasteiger partial charge in [-0.15, -0.1) is 0 Å². The second kappa shape index (κ2) is 8.77. The Labute approximate surface area is 150 Å². The summed E-state index contributed by atoms with van der Waals surface area (Å²) < 4.78 is 14.7. The van der Waals surface area contributed by atoms with Crippen LogP contribution >= 0.6 is 0 Å². The van der Waals surface area contributed by atoms with Crippen molar-refractivity contribution in [2.75, 3.05) is 26.6 Å². The quantitative estimate of drug-likeness (QED) is 0.799. The van der Waals surface area contributed by atoms with Crippen LogP contribution in [0.5, 0.6) is 0 Å². The monoisotopic (exact) mass is 357 g/mol. The molecule has 0 aliphatic carbocycles. The van der Waals surface area contributed by atoms with E-state index in [2.05, 4.69) is 10.1 Å². The van der Waals surface area contributed by atoms with E-state index in [1.165, 1.54) is 39.5 Å². The number of amides is 1. The van der Waals surface area contributed by atoms with Crippen molar-refractivity contribution in [3.05, 3.63) is 65.2 Å². The molecule has 2 aromatic carbocycles. The molecule has 0 bridgehead atoms. The maximum absolute atomic E-state index is 12.7. The first kappa shape index (κ1) is 19.1. The molecule has 0 fully saturated rings. The molecule has 136 valence electrons. The fraction of sp³-hybridized carbons (Fsp3) is 0.211. The normalized spacial score (nSPS) is 11.3. The number of methoxy groups -OCH3 is 3. The second-order valence-corrected chi connectivity index (χ2v) is 5.26. The van der Waals surface area contributed by atoms with Crippen molar-refractivity contribution in [3.63, 3.8) is 0 Å². The van der Waals surface area contributed by atoms with Gasteiger partial charge >= 0.3 is 11.9 Å². The van der Waals surface area contributed by atoms with Gasteiger partial charge in [-0.25, -0.2) is 9.59 Å². The summed E-state index contributed by atoms with van der Waals surface area (Å²) in [6.45, 7) is 0. The van der Waals surface area contributed by atoms with E-state index in [4.69, 9.17) is 9.47 Å². The predicted octanol–water partition coefficient (Wildman–Crippen LogP) is 2.59. The van der Waals surface area contributed by atoms with Crippen LogP contribution in [0.15, 0.2) is 48.5 Å². The first-order chi connectivity index (χ1) is 12.5. The molecule has 1 amide bonds. The molecular weight excluding hydrogens is 338 g/mol. The van der Waals surface area contributed by atoms with Crippen molar-refractivity contribution in [1.82, 2.24) is 0 Å². The van der Waals surface area contributed by atoms with E-state index >= 15 is 0 Å². The van der Waals surface area contributed by atoms with Gasteiger partial charge in [-0.3, -0.25) is 4.79 Å². The van der Waals surface area contributed by atoms with E-state index in [-0.39, 0.29) is 16.8 Å². The molecule has 0 aliphatic rings. The lowest BCUT2D eigenvalue weighted by Crippen LogP contribution is -2.24. The fourth-order valence-electron chi connectivity index (χ4n) is 2.40. The zero-order valence-corrected chi connectivity index (χ0v) is 14.6. The predicted molar refractivity (Wildman–Crippen MR) is 93.9 cm³/mol. The highest BCUT2D eigenvalue weighted by atomic mass is 16.5. The van der Waals surface area contributed by atoms with Gasteiger partial charge in [-0.1, -0.05) is 30.3 Å². The largest absolute Gasteiger partial charge is 0.465 e. The van der Waals surface area contributed by atoms with Gasteiger partial charge in [0.25, 0.3) is 5.91 Å². The van der Waals surface area contributed by atoms with E-state index in [0.717, 1.165) is 0 Å². The summed E-state index contributed by atoms with van der Waals surface area (Å²) in [6.07, 6.45) is -0.886. The maximum atomic E-state index is 12.7. The summed E-state index contributed by atoms with van der Waals surface area (Å²) in [5, 5.41) is 2.62. The number of nitrogens with one attached hydrogen (secondary N) is 1. The Morgan fingerprint density at radius 3 is 2.12 bits per heavy atom. The summed E-state index contributed by atoms with van der Waals surface area (Å²) in [6, 6.07) is 13.0. The lowest BCUT2D eigenvalue weighted by atomic mass is 10.1. The molecule has 0 saturated heterocycles. The van der Waals surface area contributed by atoms with Gasteiger partial charge in [0.15, 0.2) is 6.10 Å². The van der Waals surface area contributed by atoms with Crippen molar-refractivity contribution in [2.45, 2.75) is 6.10 Å². The Bertz CT molecular complexity index is 803. The van der Waals surface area contributed by atoms with Crippen LogP contribution in [0.2, 0.25) is 0 Å². The Morgan fingerprint density at radius 1 is 0.885 bits per heavy atom. The molecule has 0 radical (unpaired) electrons. The number of carbonyl (C=O) groups is 3. The molecule has 2 aromatic rings. The zero-order chi connectivity index (χ0) is 19.1. The first-order valence-electron chi connectivity index (χ1n) is 7.71. The third-order valence-electron chi connectivity index (χ3n) is 3.68. The Balaban J connectivity index is 2.37. The number of anilines is 1. The van der Waals surface area contributed by atoms with Gasteiger partial charge in [0.2, 0.25) is 0 Å². The molecule has 1 atom stereocenters. The van der Waals surface area contributed by atoms with Crippen molar-refractivity contribution in [3.8, 4) is 0 Å². The minimum Gasteiger partial charge on any atom is -0.465 e. The van der Waals surface area contributed by atoms with Crippen molar-refractivity contribution >= 4 is 23.5 Å². The van der Waals surface area contributed by atoms with Crippen molar-refractivity contribution in [1.29, 1.82) is 0 Å². The van der Waals surface area contributed by atoms with Gasteiger partial charge in [0.1, 0.15) is 0 Å². The minimum absolute atomic E-state index is 0.108. The molecule has 1 N–H and O–H groups in total. The van der Waals surface area contributed by atoms with E-state index in [1.807, 2.05) is 6.07 Å². The second-order valence-electron chi connectivity index (χ2n) is 5.26. The Morgan fingerprint density at radius 2 is 1.54 bits per heavy atom. The maximum Gasteiger partial charge on any atom is 0.339 e. The van der Waals surface area contributed by atoms with Crippen LogP contribution in [0.25, 0.3) is 0 Å². The zero-order valence-electron chi connectivity index (χ0n) is 14.6. The van der Waals surface area contributed by atoms with E-state index in [9.17, 15) is 14.4 Å². The van der Waals surface area contributed by atoms with Crippen LogP contribution in [0.1, 0.15) is 32.4 Å². The number of rotatable bonds is 6.